The number of aryl methyl sites for hydroxylation is 2. The minimum absolute atomic E-state index is 0.256. The summed E-state index contributed by atoms with van der Waals surface area (Å²) in [7, 11) is -1.74. The monoisotopic (exact) mass is 328 g/mol. The van der Waals surface area contributed by atoms with E-state index in [4.69, 9.17) is 0 Å². The van der Waals surface area contributed by atoms with E-state index in [-0.39, 0.29) is 4.90 Å². The van der Waals surface area contributed by atoms with Crippen LogP contribution in [0.3, 0.4) is 0 Å². The fourth-order valence-corrected chi connectivity index (χ4v) is 3.87. The Morgan fingerprint density at radius 3 is 2.81 bits per heavy atom. The molecule has 2 rings (SSSR count). The number of sulfonamides is 1. The molecule has 21 heavy (non-hydrogen) atoms. The van der Waals surface area contributed by atoms with E-state index in [1.165, 1.54) is 11.3 Å². The molecule has 2 heterocycles. The molecule has 0 saturated heterocycles. The minimum Gasteiger partial charge on any atom is -0.352 e. The summed E-state index contributed by atoms with van der Waals surface area (Å²) in [4.78, 5) is 5.24. The van der Waals surface area contributed by atoms with E-state index < -0.39 is 10.0 Å². The third-order valence-electron chi connectivity index (χ3n) is 2.97. The van der Waals surface area contributed by atoms with Crippen LogP contribution in [0.4, 0.5) is 5.13 Å². The molecule has 0 aliphatic rings. The van der Waals surface area contributed by atoms with Crippen LogP contribution in [-0.4, -0.2) is 24.5 Å². The highest BCUT2D eigenvalue weighted by molar-refractivity contribution is 7.93. The lowest BCUT2D eigenvalue weighted by atomic mass is 10.4. The Hall–Kier alpha value is -1.38. The molecule has 0 aliphatic heterocycles. The molecule has 116 valence electrons. The minimum atomic E-state index is -3.58. The molecule has 0 saturated carbocycles. The maximum Gasteiger partial charge on any atom is 0.265 e. The first-order valence-corrected chi connectivity index (χ1v) is 9.03. The van der Waals surface area contributed by atoms with Crippen molar-refractivity contribution in [3.8, 4) is 0 Å². The fourth-order valence-electron chi connectivity index (χ4n) is 1.87. The summed E-state index contributed by atoms with van der Waals surface area (Å²) in [6.45, 7) is 5.53. The van der Waals surface area contributed by atoms with Crippen molar-refractivity contribution in [3.05, 3.63) is 29.0 Å². The predicted octanol–water partition coefficient (Wildman–Crippen LogP) is 2.09. The third kappa shape index (κ3) is 4.05. The van der Waals surface area contributed by atoms with Gasteiger partial charge in [0.2, 0.25) is 0 Å². The fraction of sp³-hybridized carbons (Fsp3) is 0.462. The highest BCUT2D eigenvalue weighted by Gasteiger charge is 2.18. The summed E-state index contributed by atoms with van der Waals surface area (Å²) >= 11 is 1.32. The van der Waals surface area contributed by atoms with Crippen molar-refractivity contribution in [2.45, 2.75) is 31.7 Å². The lowest BCUT2D eigenvalue weighted by molar-refractivity contribution is 0.601. The smallest absolute Gasteiger partial charge is 0.265 e. The van der Waals surface area contributed by atoms with Crippen molar-refractivity contribution in [2.75, 3.05) is 11.3 Å². The summed E-state index contributed by atoms with van der Waals surface area (Å²) < 4.78 is 29.0. The van der Waals surface area contributed by atoms with E-state index in [9.17, 15) is 8.42 Å². The largest absolute Gasteiger partial charge is 0.352 e. The molecule has 8 heteroatoms. The Kier molecular flexibility index (Phi) is 5.02. The zero-order valence-electron chi connectivity index (χ0n) is 12.4. The number of anilines is 1. The van der Waals surface area contributed by atoms with E-state index in [0.717, 1.165) is 23.5 Å². The second kappa shape index (κ2) is 6.59. The van der Waals surface area contributed by atoms with Crippen molar-refractivity contribution in [2.24, 2.45) is 7.05 Å². The molecular formula is C13H20N4O2S2. The first-order valence-electron chi connectivity index (χ1n) is 6.73. The van der Waals surface area contributed by atoms with Crippen LogP contribution < -0.4 is 10.0 Å². The average Bonchev–Trinajstić information content (AvgIpc) is 2.97. The van der Waals surface area contributed by atoms with Crippen LogP contribution in [0.2, 0.25) is 0 Å². The van der Waals surface area contributed by atoms with Gasteiger partial charge in [-0.3, -0.25) is 4.72 Å². The number of thiazole rings is 1. The lowest BCUT2D eigenvalue weighted by Crippen LogP contribution is -2.15. The SMILES string of the molecule is CCCNCc1cc(S(=O)(=O)Nc2ncc(C)s2)cn1C. The maximum atomic E-state index is 12.3. The predicted molar refractivity (Wildman–Crippen MR) is 85.1 cm³/mol. The van der Waals surface area contributed by atoms with Gasteiger partial charge in [-0.05, 0) is 26.0 Å². The van der Waals surface area contributed by atoms with Crippen molar-refractivity contribution in [1.82, 2.24) is 14.9 Å². The van der Waals surface area contributed by atoms with Crippen LogP contribution in [0.1, 0.15) is 23.9 Å². The topological polar surface area (TPSA) is 76.0 Å². The molecule has 0 amide bonds. The maximum absolute atomic E-state index is 12.3. The number of aromatic nitrogens is 2. The van der Waals surface area contributed by atoms with Crippen molar-refractivity contribution >= 4 is 26.5 Å². The number of hydrogen-bond acceptors (Lipinski definition) is 5. The van der Waals surface area contributed by atoms with Crippen molar-refractivity contribution in [1.29, 1.82) is 0 Å². The van der Waals surface area contributed by atoms with Crippen molar-refractivity contribution < 1.29 is 8.42 Å². The zero-order chi connectivity index (χ0) is 15.5. The molecule has 2 N–H and O–H groups in total. The van der Waals surface area contributed by atoms with E-state index in [2.05, 4.69) is 21.9 Å². The van der Waals surface area contributed by atoms with Crippen LogP contribution in [-0.2, 0) is 23.6 Å². The summed E-state index contributed by atoms with van der Waals surface area (Å²) in [5.74, 6) is 0. The van der Waals surface area contributed by atoms with Gasteiger partial charge in [-0.25, -0.2) is 13.4 Å². The van der Waals surface area contributed by atoms with Gasteiger partial charge in [-0.2, -0.15) is 0 Å². The molecule has 2 aromatic heterocycles. The van der Waals surface area contributed by atoms with Crippen LogP contribution in [0.5, 0.6) is 0 Å². The van der Waals surface area contributed by atoms with Gasteiger partial charge in [-0.15, -0.1) is 11.3 Å². The molecule has 2 aromatic rings. The standard InChI is InChI=1S/C13H20N4O2S2/c1-4-5-14-8-11-6-12(9-17(11)3)21(18,19)16-13-15-7-10(2)20-13/h6-7,9,14H,4-5,8H2,1-3H3,(H,15,16). The Morgan fingerprint density at radius 2 is 2.19 bits per heavy atom. The molecule has 0 unspecified atom stereocenters. The van der Waals surface area contributed by atoms with E-state index in [1.54, 1.807) is 18.5 Å². The average molecular weight is 328 g/mol. The van der Waals surface area contributed by atoms with Gasteiger partial charge in [0, 0.05) is 36.6 Å². The third-order valence-corrected chi connectivity index (χ3v) is 5.23. The van der Waals surface area contributed by atoms with Crippen LogP contribution in [0, 0.1) is 6.92 Å². The molecule has 0 spiro atoms. The van der Waals surface area contributed by atoms with Gasteiger partial charge in [0.25, 0.3) is 10.0 Å². The highest BCUT2D eigenvalue weighted by Crippen LogP contribution is 2.22. The van der Waals surface area contributed by atoms with Crippen LogP contribution in [0.15, 0.2) is 23.4 Å². The Morgan fingerprint density at radius 1 is 1.43 bits per heavy atom. The van der Waals surface area contributed by atoms with Gasteiger partial charge in [0.1, 0.15) is 4.90 Å². The number of hydrogen-bond donors (Lipinski definition) is 2. The normalized spacial score (nSPS) is 11.8. The lowest BCUT2D eigenvalue weighted by Gasteiger charge is -2.03. The van der Waals surface area contributed by atoms with Gasteiger partial charge in [0.15, 0.2) is 5.13 Å². The van der Waals surface area contributed by atoms with Crippen LogP contribution >= 0.6 is 11.3 Å². The first kappa shape index (κ1) is 16.0. The highest BCUT2D eigenvalue weighted by atomic mass is 32.2. The molecule has 0 aromatic carbocycles. The van der Waals surface area contributed by atoms with Crippen molar-refractivity contribution in [3.63, 3.8) is 0 Å². The first-order chi connectivity index (χ1) is 9.92. The molecular weight excluding hydrogens is 308 g/mol. The van der Waals surface area contributed by atoms with Gasteiger partial charge in [0.05, 0.1) is 0 Å². The Bertz CT molecular complexity index is 704. The summed E-state index contributed by atoms with van der Waals surface area (Å²) in [6, 6.07) is 1.69. The van der Waals surface area contributed by atoms with Gasteiger partial charge in [-0.1, -0.05) is 6.92 Å². The van der Waals surface area contributed by atoms with E-state index in [1.807, 2.05) is 18.5 Å². The van der Waals surface area contributed by atoms with Gasteiger partial charge < -0.3 is 9.88 Å². The Balaban J connectivity index is 2.14. The zero-order valence-corrected chi connectivity index (χ0v) is 14.0. The summed E-state index contributed by atoms with van der Waals surface area (Å²) in [5.41, 5.74) is 0.930. The molecule has 0 atom stereocenters. The van der Waals surface area contributed by atoms with Gasteiger partial charge >= 0.3 is 0 Å². The Labute approximate surface area is 129 Å². The van der Waals surface area contributed by atoms with E-state index in [0.29, 0.717) is 11.7 Å². The second-order valence-electron chi connectivity index (χ2n) is 4.84. The second-order valence-corrected chi connectivity index (χ2v) is 7.75. The molecule has 0 fully saturated rings. The van der Waals surface area contributed by atoms with E-state index >= 15 is 0 Å². The number of nitrogens with one attached hydrogen (secondary N) is 2. The molecule has 0 bridgehead atoms. The molecule has 6 nitrogen and oxygen atoms in total. The molecule has 0 aliphatic carbocycles. The van der Waals surface area contributed by atoms with Crippen LogP contribution in [0.25, 0.3) is 0 Å². The molecule has 0 radical (unpaired) electrons. The number of rotatable bonds is 7. The summed E-state index contributed by atoms with van der Waals surface area (Å²) in [5, 5.41) is 3.65. The summed E-state index contributed by atoms with van der Waals surface area (Å²) in [6.07, 6.45) is 4.31. The quantitative estimate of drug-likeness (QED) is 0.763. The number of nitrogens with zero attached hydrogens (tertiary/aromatic N) is 2.